The highest BCUT2D eigenvalue weighted by Crippen LogP contribution is 2.27. The van der Waals surface area contributed by atoms with E-state index in [2.05, 4.69) is 5.32 Å². The summed E-state index contributed by atoms with van der Waals surface area (Å²) in [6.45, 7) is -1.27. The summed E-state index contributed by atoms with van der Waals surface area (Å²) in [6.07, 6.45) is -0.249. The average Bonchev–Trinajstić information content (AvgIpc) is 2.51. The van der Waals surface area contributed by atoms with Gasteiger partial charge in [-0.15, -0.1) is 12.4 Å². The molecule has 24 heavy (non-hydrogen) atoms. The molecule has 0 aliphatic heterocycles. The zero-order valence-corrected chi connectivity index (χ0v) is 14.0. The summed E-state index contributed by atoms with van der Waals surface area (Å²) in [5, 5.41) is 2.72. The Bertz CT molecular complexity index is 546. The quantitative estimate of drug-likeness (QED) is 0.840. The molecule has 136 valence electrons. The van der Waals surface area contributed by atoms with E-state index in [-0.39, 0.29) is 30.6 Å². The smallest absolute Gasteiger partial charge is 0.422 e. The fraction of sp³-hybridized carbons (Fsp3) is 0.562. The molecule has 1 aromatic rings. The number of nitrogens with one attached hydrogen (secondary N) is 1. The van der Waals surface area contributed by atoms with Crippen LogP contribution in [0, 0.1) is 0 Å². The van der Waals surface area contributed by atoms with Crippen molar-refractivity contribution in [2.24, 2.45) is 5.73 Å². The van der Waals surface area contributed by atoms with Crippen molar-refractivity contribution >= 4 is 18.3 Å². The summed E-state index contributed by atoms with van der Waals surface area (Å²) in [4.78, 5) is 12.3. The summed E-state index contributed by atoms with van der Waals surface area (Å²) < 4.78 is 41.6. The fourth-order valence-electron chi connectivity index (χ4n) is 2.71. The van der Waals surface area contributed by atoms with E-state index < -0.39 is 18.3 Å². The molecule has 3 N–H and O–H groups in total. The number of halogens is 4. The second kappa shape index (κ2) is 8.58. The lowest BCUT2D eigenvalue weighted by Gasteiger charge is -2.31. The molecule has 0 bridgehead atoms. The molecule has 0 heterocycles. The van der Waals surface area contributed by atoms with Gasteiger partial charge in [0, 0.05) is 12.1 Å². The number of amides is 1. The maximum atomic E-state index is 12.3. The maximum Gasteiger partial charge on any atom is 0.422 e. The van der Waals surface area contributed by atoms with E-state index in [0.29, 0.717) is 18.4 Å². The fourth-order valence-corrected chi connectivity index (χ4v) is 2.71. The number of alkyl halides is 3. The highest BCUT2D eigenvalue weighted by Gasteiger charge is 2.35. The van der Waals surface area contributed by atoms with E-state index in [1.54, 1.807) is 18.2 Å². The molecule has 4 nitrogen and oxygen atoms in total. The van der Waals surface area contributed by atoms with Gasteiger partial charge >= 0.3 is 6.18 Å². The van der Waals surface area contributed by atoms with E-state index in [0.717, 1.165) is 19.3 Å². The van der Waals surface area contributed by atoms with Crippen LogP contribution in [-0.2, 0) is 11.3 Å². The molecule has 2 rings (SSSR count). The molecule has 0 unspecified atom stereocenters. The molecule has 0 aromatic heterocycles. The number of nitrogens with two attached hydrogens (primary N) is 1. The van der Waals surface area contributed by atoms with Crippen molar-refractivity contribution in [1.82, 2.24) is 5.32 Å². The summed E-state index contributed by atoms with van der Waals surface area (Å²) in [6, 6.07) is 6.34. The molecular weight excluding hydrogens is 345 g/mol. The van der Waals surface area contributed by atoms with Crippen molar-refractivity contribution in [1.29, 1.82) is 0 Å². The topological polar surface area (TPSA) is 64.4 Å². The minimum Gasteiger partial charge on any atom is -0.484 e. The predicted molar refractivity (Wildman–Crippen MR) is 87.1 cm³/mol. The van der Waals surface area contributed by atoms with E-state index in [9.17, 15) is 18.0 Å². The molecule has 0 spiro atoms. The van der Waals surface area contributed by atoms with Crippen LogP contribution in [0.5, 0.6) is 5.75 Å². The summed E-state index contributed by atoms with van der Waals surface area (Å²) >= 11 is 0. The molecule has 1 amide bonds. The first-order chi connectivity index (χ1) is 10.8. The van der Waals surface area contributed by atoms with E-state index >= 15 is 0 Å². The first kappa shape index (κ1) is 20.6. The summed E-state index contributed by atoms with van der Waals surface area (Å²) in [7, 11) is 0. The molecule has 1 fully saturated rings. The molecule has 8 heteroatoms. The van der Waals surface area contributed by atoms with Gasteiger partial charge in [0.2, 0.25) is 5.91 Å². The number of hydrogen-bond acceptors (Lipinski definition) is 3. The second-order valence-electron chi connectivity index (χ2n) is 5.91. The Kier molecular flexibility index (Phi) is 7.35. The molecular formula is C16H22ClF3N2O2. The van der Waals surface area contributed by atoms with Gasteiger partial charge in [0.05, 0.1) is 5.54 Å². The van der Waals surface area contributed by atoms with Crippen molar-refractivity contribution in [3.05, 3.63) is 29.8 Å². The zero-order valence-electron chi connectivity index (χ0n) is 13.2. The number of para-hydroxylation sites is 1. The van der Waals surface area contributed by atoms with Gasteiger partial charge < -0.3 is 15.8 Å². The molecule has 0 radical (unpaired) electrons. The molecule has 0 saturated heterocycles. The lowest BCUT2D eigenvalue weighted by Crippen LogP contribution is -2.54. The van der Waals surface area contributed by atoms with E-state index in [1.807, 2.05) is 0 Å². The van der Waals surface area contributed by atoms with Gasteiger partial charge in [-0.3, -0.25) is 4.79 Å². The van der Waals surface area contributed by atoms with Gasteiger partial charge in [-0.2, -0.15) is 13.2 Å². The third kappa shape index (κ3) is 5.87. The number of rotatable bonds is 5. The van der Waals surface area contributed by atoms with Gasteiger partial charge in [-0.05, 0) is 18.9 Å². The predicted octanol–water partition coefficient (Wildman–Crippen LogP) is 3.33. The highest BCUT2D eigenvalue weighted by atomic mass is 35.5. The van der Waals surface area contributed by atoms with Gasteiger partial charge in [-0.25, -0.2) is 0 Å². The van der Waals surface area contributed by atoms with Crippen molar-refractivity contribution < 1.29 is 22.7 Å². The number of benzene rings is 1. The van der Waals surface area contributed by atoms with Crippen LogP contribution < -0.4 is 15.8 Å². The van der Waals surface area contributed by atoms with Crippen molar-refractivity contribution in [2.45, 2.75) is 50.4 Å². The third-order valence-electron chi connectivity index (χ3n) is 4.00. The summed E-state index contributed by atoms with van der Waals surface area (Å²) in [5.74, 6) is -0.150. The van der Waals surface area contributed by atoms with Crippen LogP contribution in [0.2, 0.25) is 0 Å². The lowest BCUT2D eigenvalue weighted by molar-refractivity contribution is -0.153. The van der Waals surface area contributed by atoms with Gasteiger partial charge in [0.15, 0.2) is 6.61 Å². The number of ether oxygens (including phenoxy) is 1. The largest absolute Gasteiger partial charge is 0.484 e. The van der Waals surface area contributed by atoms with Crippen LogP contribution in [0.15, 0.2) is 24.3 Å². The zero-order chi connectivity index (χ0) is 16.9. The Hall–Kier alpha value is -1.47. The molecule has 0 atom stereocenters. The number of hydrogen-bond donors (Lipinski definition) is 2. The maximum absolute atomic E-state index is 12.3. The Morgan fingerprint density at radius 2 is 1.83 bits per heavy atom. The Morgan fingerprint density at radius 3 is 2.46 bits per heavy atom. The standard InChI is InChI=1S/C16H21F3N2O2.ClH/c17-16(18,19)11-23-13-7-3-2-6-12(13)10-21-14(22)15(20)8-4-1-5-9-15;/h2-3,6-7H,1,4-5,8-11,20H2,(H,21,22);1H. The minimum atomic E-state index is -4.40. The second-order valence-corrected chi connectivity index (χ2v) is 5.91. The average molecular weight is 367 g/mol. The van der Waals surface area contributed by atoms with Crippen LogP contribution in [0.25, 0.3) is 0 Å². The van der Waals surface area contributed by atoms with Gasteiger partial charge in [0.1, 0.15) is 5.75 Å². The Labute approximate surface area is 145 Å². The Balaban J connectivity index is 0.00000288. The van der Waals surface area contributed by atoms with Crippen LogP contribution >= 0.6 is 12.4 Å². The van der Waals surface area contributed by atoms with Crippen molar-refractivity contribution in [2.75, 3.05) is 6.61 Å². The van der Waals surface area contributed by atoms with Crippen LogP contribution in [-0.4, -0.2) is 24.2 Å². The molecule has 1 aliphatic carbocycles. The first-order valence-electron chi connectivity index (χ1n) is 7.65. The number of carbonyl (C=O) groups excluding carboxylic acids is 1. The van der Waals surface area contributed by atoms with Gasteiger partial charge in [0.25, 0.3) is 0 Å². The van der Waals surface area contributed by atoms with Crippen molar-refractivity contribution in [3.8, 4) is 5.75 Å². The monoisotopic (exact) mass is 366 g/mol. The third-order valence-corrected chi connectivity index (χ3v) is 4.00. The van der Waals surface area contributed by atoms with Crippen LogP contribution in [0.3, 0.4) is 0 Å². The first-order valence-corrected chi connectivity index (χ1v) is 7.65. The van der Waals surface area contributed by atoms with Crippen LogP contribution in [0.1, 0.15) is 37.7 Å². The Morgan fingerprint density at radius 1 is 1.21 bits per heavy atom. The minimum absolute atomic E-state index is 0. The lowest BCUT2D eigenvalue weighted by atomic mass is 9.82. The highest BCUT2D eigenvalue weighted by molar-refractivity contribution is 5.86. The van der Waals surface area contributed by atoms with E-state index in [4.69, 9.17) is 10.5 Å². The van der Waals surface area contributed by atoms with E-state index in [1.165, 1.54) is 6.07 Å². The number of carbonyl (C=O) groups is 1. The molecule has 1 aliphatic rings. The van der Waals surface area contributed by atoms with Crippen molar-refractivity contribution in [3.63, 3.8) is 0 Å². The van der Waals surface area contributed by atoms with Crippen LogP contribution in [0.4, 0.5) is 13.2 Å². The normalized spacial score (nSPS) is 16.8. The SMILES string of the molecule is Cl.NC1(C(=O)NCc2ccccc2OCC(F)(F)F)CCCCC1. The summed E-state index contributed by atoms with van der Waals surface area (Å²) in [5.41, 5.74) is 5.74. The van der Waals surface area contributed by atoms with Gasteiger partial charge in [-0.1, -0.05) is 37.5 Å². The molecule has 1 aromatic carbocycles. The molecule has 1 saturated carbocycles.